The molecule has 0 spiro atoms. The summed E-state index contributed by atoms with van der Waals surface area (Å²) >= 11 is 0. The Morgan fingerprint density at radius 3 is 2.17 bits per heavy atom. The van der Waals surface area contributed by atoms with E-state index in [0.29, 0.717) is 5.56 Å². The second-order valence-electron chi connectivity index (χ2n) is 8.38. The van der Waals surface area contributed by atoms with Crippen LogP contribution in [0.1, 0.15) is 11.3 Å². The van der Waals surface area contributed by atoms with Crippen LogP contribution in [0.5, 0.6) is 46.1 Å². The molecule has 0 amide bonds. The standard InChI is InChI=1S/C24H24N6O10S/c1-9-10(2)27-24(17(35)13(9)31)41(36,37)30-22-20(23(39-4)29-21(28-22)11-5-7-26-8-6-11)40-19-16(34)14(32)12(25)15(33)18(19)38-3/h5-8,32-35H,25H2,1-4H3,(H,27,31)(H,28,29,30). The van der Waals surface area contributed by atoms with Gasteiger partial charge in [-0.1, -0.05) is 0 Å². The number of nitrogens with two attached hydrogens (primary N) is 1. The van der Waals surface area contributed by atoms with Gasteiger partial charge in [0.05, 0.1) is 14.2 Å². The van der Waals surface area contributed by atoms with Crippen molar-refractivity contribution in [2.24, 2.45) is 0 Å². The number of benzene rings is 1. The van der Waals surface area contributed by atoms with Crippen molar-refractivity contribution in [2.45, 2.75) is 18.9 Å². The quantitative estimate of drug-likeness (QED) is 0.0881. The minimum atomic E-state index is -4.80. The number of anilines is 2. The van der Waals surface area contributed by atoms with Gasteiger partial charge < -0.3 is 45.4 Å². The Balaban J connectivity index is 1.99. The predicted octanol–water partition coefficient (Wildman–Crippen LogP) is 1.86. The number of aromatic nitrogens is 4. The van der Waals surface area contributed by atoms with Gasteiger partial charge in [0, 0.05) is 29.2 Å². The Kier molecular flexibility index (Phi) is 7.39. The van der Waals surface area contributed by atoms with Crippen LogP contribution >= 0.6 is 0 Å². The van der Waals surface area contributed by atoms with Gasteiger partial charge in [0.1, 0.15) is 5.69 Å². The topological polar surface area (TPSA) is 252 Å². The molecule has 8 N–H and O–H groups in total. The van der Waals surface area contributed by atoms with Crippen molar-refractivity contribution in [3.63, 3.8) is 0 Å². The number of H-pyrrole nitrogens is 1. The summed E-state index contributed by atoms with van der Waals surface area (Å²) in [6.07, 6.45) is 2.86. The zero-order valence-electron chi connectivity index (χ0n) is 21.9. The highest BCUT2D eigenvalue weighted by Crippen LogP contribution is 2.56. The van der Waals surface area contributed by atoms with E-state index in [0.717, 1.165) is 7.11 Å². The molecular formula is C24H24N6O10S. The highest BCUT2D eigenvalue weighted by molar-refractivity contribution is 7.92. The molecule has 0 aliphatic rings. The third-order valence-electron chi connectivity index (χ3n) is 5.88. The highest BCUT2D eigenvalue weighted by Gasteiger charge is 2.31. The number of aromatic amines is 1. The Morgan fingerprint density at radius 2 is 1.56 bits per heavy atom. The number of aromatic hydroxyl groups is 4. The number of sulfonamides is 1. The summed E-state index contributed by atoms with van der Waals surface area (Å²) in [5.41, 5.74) is 4.69. The molecule has 0 saturated carbocycles. The number of nitrogens with zero attached hydrogens (tertiary/aromatic N) is 3. The lowest BCUT2D eigenvalue weighted by Crippen LogP contribution is -2.21. The summed E-state index contributed by atoms with van der Waals surface area (Å²) in [5.74, 6) is -6.74. The van der Waals surface area contributed by atoms with E-state index in [1.54, 1.807) is 0 Å². The number of aryl methyl sites for hydroxylation is 1. The molecular weight excluding hydrogens is 564 g/mol. The molecule has 216 valence electrons. The number of nitrogens with one attached hydrogen (secondary N) is 2. The zero-order chi connectivity index (χ0) is 30.2. The third-order valence-corrected chi connectivity index (χ3v) is 7.17. The van der Waals surface area contributed by atoms with Crippen molar-refractivity contribution in [2.75, 3.05) is 24.7 Å². The minimum absolute atomic E-state index is 0.0775. The molecule has 0 atom stereocenters. The van der Waals surface area contributed by atoms with Crippen LogP contribution in [0.25, 0.3) is 11.4 Å². The molecule has 16 nitrogen and oxygen atoms in total. The van der Waals surface area contributed by atoms with Crippen molar-refractivity contribution in [1.82, 2.24) is 19.9 Å². The van der Waals surface area contributed by atoms with Crippen molar-refractivity contribution < 1.29 is 43.1 Å². The number of ether oxygens (including phenoxy) is 3. The van der Waals surface area contributed by atoms with Crippen LogP contribution < -0.4 is 30.1 Å². The van der Waals surface area contributed by atoms with Gasteiger partial charge in [-0.15, -0.1) is 0 Å². The maximum Gasteiger partial charge on any atom is 0.282 e. The zero-order valence-corrected chi connectivity index (χ0v) is 22.7. The van der Waals surface area contributed by atoms with Crippen LogP contribution in [0.3, 0.4) is 0 Å². The molecule has 1 aromatic carbocycles. The van der Waals surface area contributed by atoms with Crippen LogP contribution in [0, 0.1) is 13.8 Å². The van der Waals surface area contributed by atoms with E-state index in [1.807, 2.05) is 0 Å². The van der Waals surface area contributed by atoms with Crippen LogP contribution in [0.4, 0.5) is 11.5 Å². The lowest BCUT2D eigenvalue weighted by molar-refractivity contribution is 0.313. The number of rotatable bonds is 8. The molecule has 0 saturated heterocycles. The molecule has 41 heavy (non-hydrogen) atoms. The highest BCUT2D eigenvalue weighted by atomic mass is 32.2. The summed E-state index contributed by atoms with van der Waals surface area (Å²) in [6, 6.07) is 3.04. The summed E-state index contributed by atoms with van der Waals surface area (Å²) in [5, 5.41) is 40.6. The molecule has 0 radical (unpaired) electrons. The average molecular weight is 589 g/mol. The van der Waals surface area contributed by atoms with E-state index in [-0.39, 0.29) is 23.0 Å². The molecule has 0 aliphatic carbocycles. The van der Waals surface area contributed by atoms with E-state index >= 15 is 0 Å². The lowest BCUT2D eigenvalue weighted by Gasteiger charge is -2.19. The maximum atomic E-state index is 13.5. The number of pyridine rings is 2. The minimum Gasteiger partial charge on any atom is -0.503 e. The first-order valence-corrected chi connectivity index (χ1v) is 12.9. The Labute approximate surface area is 231 Å². The number of phenols is 3. The van der Waals surface area contributed by atoms with E-state index < -0.39 is 72.2 Å². The normalized spacial score (nSPS) is 11.2. The predicted molar refractivity (Wildman–Crippen MR) is 143 cm³/mol. The second kappa shape index (κ2) is 10.6. The second-order valence-corrected chi connectivity index (χ2v) is 10.0. The molecule has 4 rings (SSSR count). The number of hydrogen-bond donors (Lipinski definition) is 7. The number of phenolic OH excluding ortho intramolecular Hbond substituents is 3. The summed E-state index contributed by atoms with van der Waals surface area (Å²) in [4.78, 5) is 27.2. The van der Waals surface area contributed by atoms with Gasteiger partial charge in [0.25, 0.3) is 15.9 Å². The van der Waals surface area contributed by atoms with Crippen molar-refractivity contribution in [1.29, 1.82) is 0 Å². The van der Waals surface area contributed by atoms with Gasteiger partial charge in [-0.05, 0) is 26.0 Å². The summed E-state index contributed by atoms with van der Waals surface area (Å²) < 4.78 is 45.1. The summed E-state index contributed by atoms with van der Waals surface area (Å²) in [7, 11) is -2.53. The Hall–Kier alpha value is -5.45. The van der Waals surface area contributed by atoms with E-state index in [4.69, 9.17) is 19.9 Å². The van der Waals surface area contributed by atoms with Crippen molar-refractivity contribution >= 4 is 21.5 Å². The van der Waals surface area contributed by atoms with Crippen LogP contribution in [-0.4, -0.2) is 63.0 Å². The first-order valence-electron chi connectivity index (χ1n) is 11.4. The van der Waals surface area contributed by atoms with Gasteiger partial charge >= 0.3 is 0 Å². The van der Waals surface area contributed by atoms with E-state index in [2.05, 4.69) is 24.7 Å². The van der Waals surface area contributed by atoms with E-state index in [9.17, 15) is 33.6 Å². The van der Waals surface area contributed by atoms with E-state index in [1.165, 1.54) is 45.5 Å². The average Bonchev–Trinajstić information content (AvgIpc) is 2.96. The number of methoxy groups -OCH3 is 2. The fraction of sp³-hybridized carbons (Fsp3) is 0.167. The summed E-state index contributed by atoms with van der Waals surface area (Å²) in [6.45, 7) is 2.84. The van der Waals surface area contributed by atoms with Gasteiger partial charge in [-0.2, -0.15) is 13.4 Å². The van der Waals surface area contributed by atoms with Crippen molar-refractivity contribution in [3.05, 3.63) is 46.0 Å². The largest absolute Gasteiger partial charge is 0.503 e. The molecule has 3 heterocycles. The first-order chi connectivity index (χ1) is 19.3. The molecule has 0 aliphatic heterocycles. The van der Waals surface area contributed by atoms with Gasteiger partial charge in [-0.3, -0.25) is 14.5 Å². The van der Waals surface area contributed by atoms with Crippen LogP contribution in [0.2, 0.25) is 0 Å². The molecule has 0 unspecified atom stereocenters. The lowest BCUT2D eigenvalue weighted by atomic mass is 10.2. The molecule has 3 aromatic heterocycles. The third kappa shape index (κ3) is 5.00. The molecule has 0 fully saturated rings. The Morgan fingerprint density at radius 1 is 0.902 bits per heavy atom. The van der Waals surface area contributed by atoms with Gasteiger partial charge in [0.15, 0.2) is 28.2 Å². The maximum absolute atomic E-state index is 13.5. The smallest absolute Gasteiger partial charge is 0.282 e. The van der Waals surface area contributed by atoms with Crippen LogP contribution in [-0.2, 0) is 10.0 Å². The SMILES string of the molecule is COc1nc(-c2ccncc2)nc(NS(=O)(=O)c2[nH]c(C)c(C)c(=O)c2O)c1Oc1c(O)c(O)c(N)c(O)c1OC. The number of hydrogen-bond acceptors (Lipinski definition) is 14. The van der Waals surface area contributed by atoms with Gasteiger partial charge in [0.2, 0.25) is 34.2 Å². The van der Waals surface area contributed by atoms with Crippen LogP contribution in [0.15, 0.2) is 34.3 Å². The fourth-order valence-corrected chi connectivity index (χ4v) is 4.71. The van der Waals surface area contributed by atoms with Gasteiger partial charge in [-0.25, -0.2) is 4.98 Å². The molecule has 17 heteroatoms. The van der Waals surface area contributed by atoms with Crippen molar-refractivity contribution in [3.8, 4) is 57.5 Å². The Bertz CT molecular complexity index is 1830. The molecule has 4 aromatic rings. The fourth-order valence-electron chi connectivity index (χ4n) is 3.58. The monoisotopic (exact) mass is 588 g/mol. The molecule has 0 bridgehead atoms. The first kappa shape index (κ1) is 28.6. The number of nitrogen functional groups attached to an aromatic ring is 1.